The topological polar surface area (TPSA) is 36.7 Å². The Labute approximate surface area is 118 Å². The van der Waals surface area contributed by atoms with Gasteiger partial charge in [-0.2, -0.15) is 5.26 Å². The molecule has 0 saturated heterocycles. The summed E-state index contributed by atoms with van der Waals surface area (Å²) in [5.41, 5.74) is 4.40. The number of nitrogens with zero attached hydrogens (tertiary/aromatic N) is 2. The third kappa shape index (κ3) is 2.04. The second kappa shape index (κ2) is 5.14. The highest BCUT2D eigenvalue weighted by atomic mass is 14.7. The van der Waals surface area contributed by atoms with Gasteiger partial charge in [0.2, 0.25) is 0 Å². The summed E-state index contributed by atoms with van der Waals surface area (Å²) in [5, 5.41) is 11.2. The summed E-state index contributed by atoms with van der Waals surface area (Å²) in [6.45, 7) is 2.09. The number of aryl methyl sites for hydroxylation is 1. The number of hydrogen-bond donors (Lipinski definition) is 0. The van der Waals surface area contributed by atoms with Gasteiger partial charge in [0.15, 0.2) is 0 Å². The average molecular weight is 258 g/mol. The molecule has 0 unspecified atom stereocenters. The lowest BCUT2D eigenvalue weighted by molar-refractivity contribution is 1.27. The Morgan fingerprint density at radius 1 is 1.00 bits per heavy atom. The van der Waals surface area contributed by atoms with E-state index in [-0.39, 0.29) is 0 Å². The first-order valence-corrected chi connectivity index (χ1v) is 6.61. The van der Waals surface area contributed by atoms with Gasteiger partial charge in [-0.05, 0) is 29.5 Å². The van der Waals surface area contributed by atoms with Crippen LogP contribution in [0.1, 0.15) is 11.1 Å². The zero-order chi connectivity index (χ0) is 13.9. The van der Waals surface area contributed by atoms with E-state index in [9.17, 15) is 0 Å². The Morgan fingerprint density at radius 3 is 2.65 bits per heavy atom. The Kier molecular flexibility index (Phi) is 3.18. The number of rotatable bonds is 2. The molecule has 0 N–H and O–H groups in total. The highest BCUT2D eigenvalue weighted by Gasteiger charge is 2.09. The minimum atomic E-state index is 0.425. The van der Waals surface area contributed by atoms with Crippen LogP contribution in [0.3, 0.4) is 0 Å². The molecule has 1 heterocycles. The maximum atomic E-state index is 8.94. The summed E-state index contributed by atoms with van der Waals surface area (Å²) < 4.78 is 0. The molecule has 0 aliphatic heterocycles. The molecule has 0 fully saturated rings. The normalized spacial score (nSPS) is 10.4. The summed E-state index contributed by atoms with van der Waals surface area (Å²) in [4.78, 5) is 4.56. The van der Waals surface area contributed by atoms with Crippen molar-refractivity contribution in [3.05, 3.63) is 65.9 Å². The predicted molar refractivity (Wildman–Crippen MR) is 81.2 cm³/mol. The lowest BCUT2D eigenvalue weighted by atomic mass is 9.97. The third-order valence-electron chi connectivity index (χ3n) is 3.57. The monoisotopic (exact) mass is 258 g/mol. The average Bonchev–Trinajstić information content (AvgIpc) is 2.48. The van der Waals surface area contributed by atoms with Crippen molar-refractivity contribution >= 4 is 10.8 Å². The van der Waals surface area contributed by atoms with E-state index in [2.05, 4.69) is 36.2 Å². The van der Waals surface area contributed by atoms with E-state index in [0.717, 1.165) is 27.6 Å². The number of aromatic nitrogens is 1. The first-order chi connectivity index (χ1) is 9.81. The maximum absolute atomic E-state index is 8.94. The van der Waals surface area contributed by atoms with Crippen molar-refractivity contribution in [1.82, 2.24) is 4.98 Å². The van der Waals surface area contributed by atoms with Crippen LogP contribution < -0.4 is 0 Å². The van der Waals surface area contributed by atoms with Crippen LogP contribution in [0.15, 0.2) is 54.7 Å². The molecule has 96 valence electrons. The second-order valence-electron chi connectivity index (χ2n) is 4.82. The van der Waals surface area contributed by atoms with Crippen molar-refractivity contribution < 1.29 is 0 Å². The van der Waals surface area contributed by atoms with E-state index in [4.69, 9.17) is 5.26 Å². The summed E-state index contributed by atoms with van der Waals surface area (Å²) in [5.74, 6) is 0. The molecule has 20 heavy (non-hydrogen) atoms. The van der Waals surface area contributed by atoms with E-state index in [1.54, 1.807) is 0 Å². The van der Waals surface area contributed by atoms with Gasteiger partial charge in [-0.1, -0.05) is 42.5 Å². The van der Waals surface area contributed by atoms with Crippen LogP contribution in [0.25, 0.3) is 22.0 Å². The quantitative estimate of drug-likeness (QED) is 0.688. The van der Waals surface area contributed by atoms with Crippen LogP contribution in [-0.2, 0) is 6.42 Å². The molecule has 2 aromatic carbocycles. The van der Waals surface area contributed by atoms with Gasteiger partial charge in [0.1, 0.15) is 0 Å². The second-order valence-corrected chi connectivity index (χ2v) is 4.82. The fourth-order valence-corrected chi connectivity index (χ4v) is 2.56. The summed E-state index contributed by atoms with van der Waals surface area (Å²) in [6, 6.07) is 18.5. The van der Waals surface area contributed by atoms with Crippen molar-refractivity contribution in [2.75, 3.05) is 0 Å². The smallest absolute Gasteiger partial charge is 0.0783 e. The molecule has 1 aromatic heterocycles. The van der Waals surface area contributed by atoms with Gasteiger partial charge in [0.05, 0.1) is 18.2 Å². The van der Waals surface area contributed by atoms with Gasteiger partial charge >= 0.3 is 0 Å². The molecular weight excluding hydrogens is 244 g/mol. The van der Waals surface area contributed by atoms with Gasteiger partial charge in [0.25, 0.3) is 0 Å². The van der Waals surface area contributed by atoms with E-state index in [1.807, 2.05) is 36.5 Å². The molecule has 3 rings (SSSR count). The van der Waals surface area contributed by atoms with Crippen LogP contribution in [0.2, 0.25) is 0 Å². The third-order valence-corrected chi connectivity index (χ3v) is 3.57. The van der Waals surface area contributed by atoms with Gasteiger partial charge in [-0.25, -0.2) is 0 Å². The van der Waals surface area contributed by atoms with Gasteiger partial charge in [-0.3, -0.25) is 4.98 Å². The molecule has 0 spiro atoms. The molecule has 2 nitrogen and oxygen atoms in total. The lowest BCUT2D eigenvalue weighted by Gasteiger charge is -2.10. The minimum absolute atomic E-state index is 0.425. The van der Waals surface area contributed by atoms with Crippen LogP contribution in [0.4, 0.5) is 0 Å². The summed E-state index contributed by atoms with van der Waals surface area (Å²) in [7, 11) is 0. The van der Waals surface area contributed by atoms with Crippen LogP contribution in [0.5, 0.6) is 0 Å². The van der Waals surface area contributed by atoms with Crippen LogP contribution in [-0.4, -0.2) is 4.98 Å². The molecule has 0 amide bonds. The Bertz CT molecular complexity index is 813. The molecule has 3 aromatic rings. The Morgan fingerprint density at radius 2 is 1.85 bits per heavy atom. The number of benzene rings is 2. The van der Waals surface area contributed by atoms with E-state index in [0.29, 0.717) is 6.42 Å². The van der Waals surface area contributed by atoms with Crippen LogP contribution in [0, 0.1) is 18.3 Å². The maximum Gasteiger partial charge on any atom is 0.0783 e. The first kappa shape index (κ1) is 12.4. The Balaban J connectivity index is 2.31. The summed E-state index contributed by atoms with van der Waals surface area (Å²) in [6.07, 6.45) is 2.25. The van der Waals surface area contributed by atoms with Crippen molar-refractivity contribution in [3.63, 3.8) is 0 Å². The van der Waals surface area contributed by atoms with E-state index >= 15 is 0 Å². The molecule has 2 heteroatoms. The number of nitriles is 1. The van der Waals surface area contributed by atoms with Crippen molar-refractivity contribution in [3.8, 4) is 17.3 Å². The van der Waals surface area contributed by atoms with E-state index < -0.39 is 0 Å². The van der Waals surface area contributed by atoms with Crippen molar-refractivity contribution in [2.24, 2.45) is 0 Å². The number of pyridine rings is 1. The highest BCUT2D eigenvalue weighted by Crippen LogP contribution is 2.30. The van der Waals surface area contributed by atoms with E-state index in [1.165, 1.54) is 5.56 Å². The summed E-state index contributed by atoms with van der Waals surface area (Å²) >= 11 is 0. The Hall–Kier alpha value is -2.66. The molecule has 0 radical (unpaired) electrons. The van der Waals surface area contributed by atoms with Crippen LogP contribution >= 0.6 is 0 Å². The zero-order valence-electron chi connectivity index (χ0n) is 11.3. The van der Waals surface area contributed by atoms with Crippen molar-refractivity contribution in [1.29, 1.82) is 5.26 Å². The minimum Gasteiger partial charge on any atom is -0.256 e. The fraction of sp³-hybridized carbons (Fsp3) is 0.111. The molecule has 0 atom stereocenters. The standard InChI is InChI=1S/C18H14N2/c1-13-5-2-3-7-15(13)18-17-8-4-6-14(9-11-19)16(17)10-12-20-18/h2-8,10,12H,9H2,1H3. The van der Waals surface area contributed by atoms with Crippen molar-refractivity contribution in [2.45, 2.75) is 13.3 Å². The zero-order valence-corrected chi connectivity index (χ0v) is 11.3. The largest absolute Gasteiger partial charge is 0.256 e. The van der Waals surface area contributed by atoms with Gasteiger partial charge in [0, 0.05) is 17.1 Å². The highest BCUT2D eigenvalue weighted by molar-refractivity contribution is 5.97. The molecule has 0 aliphatic rings. The number of fused-ring (bicyclic) bond motifs is 1. The molecule has 0 bridgehead atoms. The molecule has 0 aliphatic carbocycles. The lowest BCUT2D eigenvalue weighted by Crippen LogP contribution is -1.91. The molecule has 0 saturated carbocycles. The predicted octanol–water partition coefficient (Wildman–Crippen LogP) is 4.28. The number of hydrogen-bond acceptors (Lipinski definition) is 2. The first-order valence-electron chi connectivity index (χ1n) is 6.61. The SMILES string of the molecule is Cc1ccccc1-c1nccc2c(CC#N)cccc12. The van der Waals surface area contributed by atoms with Gasteiger partial charge < -0.3 is 0 Å². The van der Waals surface area contributed by atoms with Gasteiger partial charge in [-0.15, -0.1) is 0 Å². The molecular formula is C18H14N2. The fourth-order valence-electron chi connectivity index (χ4n) is 2.56.